The van der Waals surface area contributed by atoms with E-state index in [1.165, 1.54) is 6.07 Å². The van der Waals surface area contributed by atoms with Crippen LogP contribution >= 0.6 is 11.8 Å². The number of aromatic nitrogens is 1. The highest BCUT2D eigenvalue weighted by molar-refractivity contribution is 8.04. The summed E-state index contributed by atoms with van der Waals surface area (Å²) >= 11 is 1.01. The SMILES string of the molecule is N#CSc1c[nH]c2ccc(C(=O)O)cc12. The molecule has 1 heterocycles. The summed E-state index contributed by atoms with van der Waals surface area (Å²) in [5.74, 6) is -0.967. The van der Waals surface area contributed by atoms with Crippen molar-refractivity contribution in [3.8, 4) is 5.40 Å². The second kappa shape index (κ2) is 3.67. The lowest BCUT2D eigenvalue weighted by Gasteiger charge is -1.95. The van der Waals surface area contributed by atoms with E-state index in [-0.39, 0.29) is 5.56 Å². The highest BCUT2D eigenvalue weighted by Crippen LogP contribution is 2.27. The van der Waals surface area contributed by atoms with Gasteiger partial charge in [0.05, 0.1) is 5.56 Å². The first-order valence-corrected chi connectivity index (χ1v) is 4.94. The van der Waals surface area contributed by atoms with Gasteiger partial charge in [-0.25, -0.2) is 4.79 Å². The molecule has 1 aromatic heterocycles. The van der Waals surface area contributed by atoms with Crippen LogP contribution in [-0.2, 0) is 0 Å². The van der Waals surface area contributed by atoms with Crippen LogP contribution in [0.5, 0.6) is 0 Å². The Labute approximate surface area is 89.5 Å². The molecule has 0 saturated heterocycles. The van der Waals surface area contributed by atoms with Gasteiger partial charge in [-0.1, -0.05) is 0 Å². The van der Waals surface area contributed by atoms with Gasteiger partial charge in [0.25, 0.3) is 0 Å². The smallest absolute Gasteiger partial charge is 0.335 e. The molecule has 0 amide bonds. The lowest BCUT2D eigenvalue weighted by atomic mass is 10.1. The normalized spacial score (nSPS) is 10.1. The minimum absolute atomic E-state index is 0.224. The zero-order valence-corrected chi connectivity index (χ0v) is 8.34. The van der Waals surface area contributed by atoms with Gasteiger partial charge in [-0.2, -0.15) is 5.26 Å². The van der Waals surface area contributed by atoms with E-state index in [4.69, 9.17) is 10.4 Å². The fourth-order valence-corrected chi connectivity index (χ4v) is 1.86. The first kappa shape index (κ1) is 9.62. The Bertz CT molecular complexity index is 568. The van der Waals surface area contributed by atoms with Crippen molar-refractivity contribution in [2.45, 2.75) is 4.90 Å². The Balaban J connectivity index is 2.62. The average Bonchev–Trinajstić information content (AvgIpc) is 2.61. The molecule has 4 nitrogen and oxygen atoms in total. The standard InChI is InChI=1S/C10H6N2O2S/c11-5-15-9-4-12-8-2-1-6(10(13)14)3-7(8)9/h1-4,12H,(H,13,14). The molecule has 1 aromatic carbocycles. The number of aromatic amines is 1. The van der Waals surface area contributed by atoms with Crippen molar-refractivity contribution in [3.05, 3.63) is 30.0 Å². The summed E-state index contributed by atoms with van der Waals surface area (Å²) in [6, 6.07) is 4.79. The molecule has 15 heavy (non-hydrogen) atoms. The third-order valence-electron chi connectivity index (χ3n) is 2.05. The fourth-order valence-electron chi connectivity index (χ4n) is 1.36. The lowest BCUT2D eigenvalue weighted by molar-refractivity contribution is 0.0697. The molecule has 74 valence electrons. The molecule has 0 atom stereocenters. The third kappa shape index (κ3) is 1.67. The molecule has 0 spiro atoms. The van der Waals surface area contributed by atoms with Crippen LogP contribution in [0.4, 0.5) is 0 Å². The summed E-state index contributed by atoms with van der Waals surface area (Å²) < 4.78 is 0. The van der Waals surface area contributed by atoms with Gasteiger partial charge in [-0.3, -0.25) is 0 Å². The fraction of sp³-hybridized carbons (Fsp3) is 0. The number of hydrogen-bond acceptors (Lipinski definition) is 3. The number of nitriles is 1. The number of thioether (sulfide) groups is 1. The molecular weight excluding hydrogens is 212 g/mol. The molecule has 0 aliphatic carbocycles. The molecule has 0 aliphatic heterocycles. The Morgan fingerprint density at radius 2 is 2.33 bits per heavy atom. The van der Waals surface area contributed by atoms with Gasteiger partial charge in [0, 0.05) is 22.0 Å². The molecule has 0 bridgehead atoms. The Morgan fingerprint density at radius 1 is 1.53 bits per heavy atom. The third-order valence-corrected chi connectivity index (χ3v) is 2.70. The zero-order chi connectivity index (χ0) is 10.8. The van der Waals surface area contributed by atoms with Crippen molar-refractivity contribution in [2.75, 3.05) is 0 Å². The van der Waals surface area contributed by atoms with Gasteiger partial charge in [0.2, 0.25) is 0 Å². The van der Waals surface area contributed by atoms with E-state index in [0.29, 0.717) is 0 Å². The quantitative estimate of drug-likeness (QED) is 0.599. The van der Waals surface area contributed by atoms with Crippen molar-refractivity contribution >= 4 is 28.6 Å². The number of aromatic carboxylic acids is 1. The molecule has 2 aromatic rings. The monoisotopic (exact) mass is 218 g/mol. The van der Waals surface area contributed by atoms with Crippen LogP contribution in [0.3, 0.4) is 0 Å². The van der Waals surface area contributed by atoms with Gasteiger partial charge in [-0.15, -0.1) is 0 Å². The molecular formula is C10H6N2O2S. The summed E-state index contributed by atoms with van der Waals surface area (Å²) in [6.07, 6.45) is 1.70. The number of thiocyanates is 1. The number of nitrogens with zero attached hydrogens (tertiary/aromatic N) is 1. The van der Waals surface area contributed by atoms with E-state index in [0.717, 1.165) is 27.6 Å². The van der Waals surface area contributed by atoms with E-state index >= 15 is 0 Å². The van der Waals surface area contributed by atoms with Crippen LogP contribution in [0, 0.1) is 10.7 Å². The van der Waals surface area contributed by atoms with Crippen molar-refractivity contribution in [3.63, 3.8) is 0 Å². The van der Waals surface area contributed by atoms with Gasteiger partial charge >= 0.3 is 5.97 Å². The van der Waals surface area contributed by atoms with Crippen LogP contribution in [0.15, 0.2) is 29.3 Å². The maximum atomic E-state index is 10.8. The summed E-state index contributed by atoms with van der Waals surface area (Å²) in [5, 5.41) is 20.1. The highest BCUT2D eigenvalue weighted by atomic mass is 32.2. The number of nitrogens with one attached hydrogen (secondary N) is 1. The molecule has 0 unspecified atom stereocenters. The molecule has 0 saturated carbocycles. The van der Waals surface area contributed by atoms with E-state index in [1.807, 2.05) is 5.40 Å². The van der Waals surface area contributed by atoms with Gasteiger partial charge in [0.1, 0.15) is 5.40 Å². The number of H-pyrrole nitrogens is 1. The van der Waals surface area contributed by atoms with Crippen molar-refractivity contribution in [1.29, 1.82) is 5.26 Å². The van der Waals surface area contributed by atoms with Crippen LogP contribution in [-0.4, -0.2) is 16.1 Å². The van der Waals surface area contributed by atoms with Crippen molar-refractivity contribution in [1.82, 2.24) is 4.98 Å². The maximum Gasteiger partial charge on any atom is 0.335 e. The maximum absolute atomic E-state index is 10.8. The molecule has 0 radical (unpaired) electrons. The Kier molecular flexibility index (Phi) is 2.35. The summed E-state index contributed by atoms with van der Waals surface area (Å²) in [4.78, 5) is 14.5. The van der Waals surface area contributed by atoms with E-state index in [2.05, 4.69) is 4.98 Å². The molecule has 0 aliphatic rings. The summed E-state index contributed by atoms with van der Waals surface area (Å²) in [7, 11) is 0. The number of carboxylic acids is 1. The van der Waals surface area contributed by atoms with Crippen molar-refractivity contribution in [2.24, 2.45) is 0 Å². The predicted octanol–water partition coefficient (Wildman–Crippen LogP) is 2.44. The van der Waals surface area contributed by atoms with Crippen LogP contribution in [0.1, 0.15) is 10.4 Å². The van der Waals surface area contributed by atoms with E-state index in [1.54, 1.807) is 18.3 Å². The number of carbonyl (C=O) groups is 1. The van der Waals surface area contributed by atoms with Gasteiger partial charge < -0.3 is 10.1 Å². The van der Waals surface area contributed by atoms with E-state index in [9.17, 15) is 4.79 Å². The highest BCUT2D eigenvalue weighted by Gasteiger charge is 2.08. The number of hydrogen-bond donors (Lipinski definition) is 2. The minimum atomic E-state index is -0.967. The van der Waals surface area contributed by atoms with Crippen molar-refractivity contribution < 1.29 is 9.90 Å². The van der Waals surface area contributed by atoms with Gasteiger partial charge in [-0.05, 0) is 30.0 Å². The first-order valence-electron chi connectivity index (χ1n) is 4.12. The Hall–Kier alpha value is -1.93. The molecule has 2 N–H and O–H groups in total. The predicted molar refractivity (Wildman–Crippen MR) is 56.7 cm³/mol. The zero-order valence-electron chi connectivity index (χ0n) is 7.52. The number of rotatable bonds is 2. The topological polar surface area (TPSA) is 76.9 Å². The largest absolute Gasteiger partial charge is 0.478 e. The number of carboxylic acid groups (broad SMARTS) is 1. The lowest BCUT2D eigenvalue weighted by Crippen LogP contribution is -1.94. The average molecular weight is 218 g/mol. The molecule has 5 heteroatoms. The van der Waals surface area contributed by atoms with E-state index < -0.39 is 5.97 Å². The van der Waals surface area contributed by atoms with Gasteiger partial charge in [0.15, 0.2) is 0 Å². The molecule has 2 rings (SSSR count). The number of fused-ring (bicyclic) bond motifs is 1. The van der Waals surface area contributed by atoms with Crippen LogP contribution in [0.2, 0.25) is 0 Å². The second-order valence-electron chi connectivity index (χ2n) is 2.91. The first-order chi connectivity index (χ1) is 7.22. The number of benzene rings is 1. The second-order valence-corrected chi connectivity index (χ2v) is 3.74. The van der Waals surface area contributed by atoms with Crippen LogP contribution < -0.4 is 0 Å². The minimum Gasteiger partial charge on any atom is -0.478 e. The summed E-state index contributed by atoms with van der Waals surface area (Å²) in [6.45, 7) is 0. The summed E-state index contributed by atoms with van der Waals surface area (Å²) in [5.41, 5.74) is 1.06. The molecule has 0 fully saturated rings. The van der Waals surface area contributed by atoms with Crippen LogP contribution in [0.25, 0.3) is 10.9 Å². The Morgan fingerprint density at radius 3 is 3.00 bits per heavy atom.